The Morgan fingerprint density at radius 3 is 1.73 bits per heavy atom. The van der Waals surface area contributed by atoms with Crippen molar-refractivity contribution < 1.29 is 44.0 Å². The Morgan fingerprint density at radius 1 is 1.04 bits per heavy atom. The second kappa shape index (κ2) is 16.9. The number of carbonyl (C=O) groups is 5. The number of likely N-dealkylation sites (N-methyl/N-ethyl adjacent to an activating group) is 1. The third-order valence-corrected chi connectivity index (χ3v) is 1.99. The lowest BCUT2D eigenvalue weighted by Gasteiger charge is -2.08. The van der Waals surface area contributed by atoms with Gasteiger partial charge in [0.25, 0.3) is 0 Å². The van der Waals surface area contributed by atoms with E-state index in [4.69, 9.17) is 26.8 Å². The van der Waals surface area contributed by atoms with Crippen LogP contribution < -0.4 is 22.5 Å². The summed E-state index contributed by atoms with van der Waals surface area (Å²) >= 11 is 0. The molecule has 0 heterocycles. The molecule has 0 spiro atoms. The molecule has 14 heteroatoms. The van der Waals surface area contributed by atoms with E-state index in [9.17, 15) is 24.0 Å². The van der Waals surface area contributed by atoms with E-state index in [1.54, 1.807) is 0 Å². The van der Waals surface area contributed by atoms with Crippen molar-refractivity contribution in [1.29, 1.82) is 0 Å². The van der Waals surface area contributed by atoms with E-state index in [1.807, 2.05) is 0 Å². The quantitative estimate of drug-likeness (QED) is 0.204. The molecule has 0 rings (SSSR count). The van der Waals surface area contributed by atoms with Crippen molar-refractivity contribution >= 4 is 29.8 Å². The van der Waals surface area contributed by atoms with Gasteiger partial charge in [-0.1, -0.05) is 0 Å². The molecular formula is C12H25N5O9. The van der Waals surface area contributed by atoms with E-state index in [0.717, 1.165) is 4.90 Å². The predicted octanol–water partition coefficient (Wildman–Crippen LogP) is -3.73. The van der Waals surface area contributed by atoms with Crippen LogP contribution in [0.15, 0.2) is 0 Å². The molecule has 152 valence electrons. The largest absolute Gasteiger partial charge is 0.480 e. The van der Waals surface area contributed by atoms with Gasteiger partial charge in [0, 0.05) is 14.2 Å². The number of primary amides is 2. The fourth-order valence-corrected chi connectivity index (χ4v) is 0.824. The van der Waals surface area contributed by atoms with Crippen LogP contribution in [0.1, 0.15) is 0 Å². The highest BCUT2D eigenvalue weighted by molar-refractivity contribution is 5.78. The number of hydrogen-bond acceptors (Lipinski definition) is 8. The van der Waals surface area contributed by atoms with E-state index in [0.29, 0.717) is 0 Å². The van der Waals surface area contributed by atoms with Gasteiger partial charge in [-0.2, -0.15) is 0 Å². The SMILES string of the molecule is CN(CC(=O)O)C(N)=O.COC[C@H](N)C(=O)O.NC(=O)CNCC(=O)O. The van der Waals surface area contributed by atoms with Crippen LogP contribution in [0.2, 0.25) is 0 Å². The third-order valence-electron chi connectivity index (χ3n) is 1.99. The summed E-state index contributed by atoms with van der Waals surface area (Å²) in [6, 6.07) is -1.63. The van der Waals surface area contributed by atoms with Crippen LogP contribution in [-0.4, -0.2) is 96.5 Å². The van der Waals surface area contributed by atoms with Gasteiger partial charge < -0.3 is 42.2 Å². The van der Waals surface area contributed by atoms with Gasteiger partial charge in [-0.25, -0.2) is 4.79 Å². The summed E-state index contributed by atoms with van der Waals surface area (Å²) in [6.45, 7) is -0.611. The second-order valence-electron chi connectivity index (χ2n) is 4.45. The first-order chi connectivity index (χ1) is 11.8. The topological polar surface area (TPSA) is 249 Å². The number of ether oxygens (including phenoxy) is 1. The van der Waals surface area contributed by atoms with Gasteiger partial charge in [0.15, 0.2) is 0 Å². The molecule has 1 atom stereocenters. The van der Waals surface area contributed by atoms with Crippen LogP contribution >= 0.6 is 0 Å². The molecule has 14 nitrogen and oxygen atoms in total. The minimum absolute atomic E-state index is 0.0648. The maximum Gasteiger partial charge on any atom is 0.323 e. The van der Waals surface area contributed by atoms with Crippen molar-refractivity contribution in [2.75, 3.05) is 40.4 Å². The van der Waals surface area contributed by atoms with Gasteiger partial charge in [-0.3, -0.25) is 24.5 Å². The average Bonchev–Trinajstić information content (AvgIpc) is 2.47. The monoisotopic (exact) mass is 383 g/mol. The van der Waals surface area contributed by atoms with Crippen molar-refractivity contribution in [3.63, 3.8) is 0 Å². The fourth-order valence-electron chi connectivity index (χ4n) is 0.824. The van der Waals surface area contributed by atoms with E-state index in [1.165, 1.54) is 14.2 Å². The zero-order chi connectivity index (χ0) is 21.3. The Hall–Kier alpha value is -2.97. The Kier molecular flexibility index (Phi) is 18.1. The Labute approximate surface area is 148 Å². The molecule has 0 aliphatic carbocycles. The molecule has 0 radical (unpaired) electrons. The van der Waals surface area contributed by atoms with E-state index in [-0.39, 0.29) is 26.2 Å². The summed E-state index contributed by atoms with van der Waals surface area (Å²) in [6.07, 6.45) is 0. The molecule has 0 aromatic carbocycles. The second-order valence-corrected chi connectivity index (χ2v) is 4.45. The van der Waals surface area contributed by atoms with Gasteiger partial charge in [-0.15, -0.1) is 0 Å². The first kappa shape index (κ1) is 27.9. The number of urea groups is 1. The van der Waals surface area contributed by atoms with E-state index >= 15 is 0 Å². The number of aliphatic carboxylic acids is 3. The summed E-state index contributed by atoms with van der Waals surface area (Å²) in [5, 5.41) is 26.5. The zero-order valence-corrected chi connectivity index (χ0v) is 14.4. The van der Waals surface area contributed by atoms with Crippen molar-refractivity contribution in [2.24, 2.45) is 17.2 Å². The van der Waals surface area contributed by atoms with Crippen molar-refractivity contribution in [3.8, 4) is 0 Å². The highest BCUT2D eigenvalue weighted by Crippen LogP contribution is 1.78. The number of amides is 3. The predicted molar refractivity (Wildman–Crippen MR) is 87.0 cm³/mol. The summed E-state index contributed by atoms with van der Waals surface area (Å²) in [5.41, 5.74) is 14.4. The highest BCUT2D eigenvalue weighted by Gasteiger charge is 2.08. The van der Waals surface area contributed by atoms with Crippen molar-refractivity contribution in [1.82, 2.24) is 10.2 Å². The van der Waals surface area contributed by atoms with Gasteiger partial charge in [0.05, 0.1) is 19.7 Å². The summed E-state index contributed by atoms with van der Waals surface area (Å²) in [4.78, 5) is 50.5. The zero-order valence-electron chi connectivity index (χ0n) is 14.4. The minimum atomic E-state index is -1.07. The molecule has 0 aliphatic heterocycles. The third kappa shape index (κ3) is 26.0. The Morgan fingerprint density at radius 2 is 1.54 bits per heavy atom. The first-order valence-corrected chi connectivity index (χ1v) is 6.75. The Balaban J connectivity index is -0.000000306. The summed E-state index contributed by atoms with van der Waals surface area (Å²) in [7, 11) is 2.72. The first-order valence-electron chi connectivity index (χ1n) is 6.75. The molecule has 0 aromatic rings. The molecule has 3 amide bonds. The lowest BCUT2D eigenvalue weighted by Crippen LogP contribution is -2.35. The summed E-state index contributed by atoms with van der Waals surface area (Å²) < 4.78 is 4.46. The standard InChI is InChI=1S/2C4H8N2O3.C4H9NO3/c1-6(4(5)9)2-3(7)8;5-3(7)1-6-2-4(8)9;1-8-2-3(5)4(6)7/h2H2,1H3,(H2,5,9)(H,7,8);6H,1-2H2,(H2,5,7)(H,8,9);3H,2,5H2,1H3,(H,6,7)/t;;3-/m..0/s1. The number of rotatable bonds is 9. The van der Waals surface area contributed by atoms with Crippen molar-refractivity contribution in [3.05, 3.63) is 0 Å². The van der Waals surface area contributed by atoms with Gasteiger partial charge in [0.1, 0.15) is 12.6 Å². The highest BCUT2D eigenvalue weighted by atomic mass is 16.5. The molecular weight excluding hydrogens is 358 g/mol. The smallest absolute Gasteiger partial charge is 0.323 e. The molecule has 0 aliphatic rings. The minimum Gasteiger partial charge on any atom is -0.480 e. The molecule has 0 aromatic heterocycles. The molecule has 10 N–H and O–H groups in total. The van der Waals surface area contributed by atoms with Crippen LogP contribution in [0, 0.1) is 0 Å². The number of nitrogens with one attached hydrogen (secondary N) is 1. The van der Waals surface area contributed by atoms with Gasteiger partial charge in [0.2, 0.25) is 5.91 Å². The Bertz CT molecular complexity index is 458. The molecule has 26 heavy (non-hydrogen) atoms. The number of nitrogens with two attached hydrogens (primary N) is 3. The molecule has 0 bridgehead atoms. The van der Waals surface area contributed by atoms with Crippen molar-refractivity contribution in [2.45, 2.75) is 6.04 Å². The van der Waals surface area contributed by atoms with Gasteiger partial charge >= 0.3 is 23.9 Å². The lowest BCUT2D eigenvalue weighted by molar-refractivity contribution is -0.140. The average molecular weight is 383 g/mol. The van der Waals surface area contributed by atoms with Crippen LogP contribution in [0.5, 0.6) is 0 Å². The molecule has 0 fully saturated rings. The summed E-state index contributed by atoms with van der Waals surface area (Å²) in [5.74, 6) is -3.67. The van der Waals surface area contributed by atoms with Gasteiger partial charge in [-0.05, 0) is 0 Å². The van der Waals surface area contributed by atoms with E-state index < -0.39 is 35.9 Å². The van der Waals surface area contributed by atoms with Crippen LogP contribution in [0.3, 0.4) is 0 Å². The van der Waals surface area contributed by atoms with Crippen LogP contribution in [0.4, 0.5) is 4.79 Å². The van der Waals surface area contributed by atoms with Crippen LogP contribution in [0.25, 0.3) is 0 Å². The number of carbonyl (C=O) groups excluding carboxylic acids is 2. The maximum atomic E-state index is 10.1. The number of hydrogen-bond donors (Lipinski definition) is 7. The lowest BCUT2D eigenvalue weighted by atomic mass is 10.3. The molecule has 0 saturated heterocycles. The number of nitrogens with zero attached hydrogens (tertiary/aromatic N) is 1. The number of carboxylic acid groups (broad SMARTS) is 3. The number of carboxylic acids is 3. The normalized spacial score (nSPS) is 10.1. The van der Waals surface area contributed by atoms with Crippen LogP contribution in [-0.2, 0) is 23.9 Å². The van der Waals surface area contributed by atoms with E-state index in [2.05, 4.69) is 15.8 Å². The molecule has 0 saturated carbocycles. The molecule has 0 unspecified atom stereocenters. The number of methoxy groups -OCH3 is 1. The fraction of sp³-hybridized carbons (Fsp3) is 0.583. The maximum absolute atomic E-state index is 10.1.